The molecule has 0 radical (unpaired) electrons. The van der Waals surface area contributed by atoms with E-state index < -0.39 is 0 Å². The van der Waals surface area contributed by atoms with Crippen molar-refractivity contribution in [1.29, 1.82) is 0 Å². The lowest BCUT2D eigenvalue weighted by Gasteiger charge is -2.30. The van der Waals surface area contributed by atoms with E-state index in [1.807, 2.05) is 18.4 Å². The molecule has 1 fully saturated rings. The van der Waals surface area contributed by atoms with Crippen molar-refractivity contribution in [3.63, 3.8) is 0 Å². The largest absolute Gasteiger partial charge is 0.385 e. The van der Waals surface area contributed by atoms with Gasteiger partial charge < -0.3 is 15.4 Å². The third-order valence-electron chi connectivity index (χ3n) is 4.96. The number of rotatable bonds is 8. The molecular weight excluding hydrogens is 433 g/mol. The zero-order valence-electron chi connectivity index (χ0n) is 15.1. The summed E-state index contributed by atoms with van der Waals surface area (Å²) < 4.78 is 5.31. The second-order valence-electron chi connectivity index (χ2n) is 6.67. The van der Waals surface area contributed by atoms with Gasteiger partial charge in [-0.1, -0.05) is 25.8 Å². The number of guanidine groups is 1. The number of thiophene rings is 1. The molecule has 0 amide bonds. The van der Waals surface area contributed by atoms with Crippen molar-refractivity contribution in [2.45, 2.75) is 44.9 Å². The van der Waals surface area contributed by atoms with Gasteiger partial charge in [-0.2, -0.15) is 0 Å². The van der Waals surface area contributed by atoms with E-state index in [1.54, 1.807) is 7.11 Å². The maximum atomic E-state index is 5.31. The van der Waals surface area contributed by atoms with Crippen molar-refractivity contribution >= 4 is 41.3 Å². The van der Waals surface area contributed by atoms with E-state index in [0.717, 1.165) is 32.1 Å². The first kappa shape index (κ1) is 21.7. The van der Waals surface area contributed by atoms with E-state index in [0.29, 0.717) is 11.3 Å². The van der Waals surface area contributed by atoms with E-state index in [2.05, 4.69) is 40.1 Å². The van der Waals surface area contributed by atoms with Crippen LogP contribution in [0, 0.1) is 5.41 Å². The van der Waals surface area contributed by atoms with Crippen LogP contribution in [0.1, 0.15) is 49.8 Å². The number of ether oxygens (including phenoxy) is 1. The monoisotopic (exact) mass is 465 g/mol. The molecule has 1 aromatic rings. The van der Waals surface area contributed by atoms with Crippen molar-refractivity contribution in [2.24, 2.45) is 10.4 Å². The summed E-state index contributed by atoms with van der Waals surface area (Å²) in [6.07, 6.45) is 6.41. The molecule has 1 atom stereocenters. The van der Waals surface area contributed by atoms with E-state index in [9.17, 15) is 0 Å². The Morgan fingerprint density at radius 3 is 2.71 bits per heavy atom. The third kappa shape index (κ3) is 6.52. The van der Waals surface area contributed by atoms with Crippen molar-refractivity contribution in [3.8, 4) is 0 Å². The molecule has 1 aliphatic carbocycles. The summed E-state index contributed by atoms with van der Waals surface area (Å²) in [5, 5.41) is 9.15. The van der Waals surface area contributed by atoms with E-state index in [1.165, 1.54) is 30.6 Å². The van der Waals surface area contributed by atoms with Gasteiger partial charge in [-0.15, -0.1) is 35.3 Å². The van der Waals surface area contributed by atoms with Crippen LogP contribution in [-0.2, 0) is 4.74 Å². The SMILES string of the molecule is CN=C(NCC(C)c1cccs1)NCC1(CCOC)CCCC1.I. The van der Waals surface area contributed by atoms with Gasteiger partial charge in [0.2, 0.25) is 0 Å². The molecule has 2 N–H and O–H groups in total. The molecule has 1 saturated carbocycles. The molecule has 1 aliphatic rings. The van der Waals surface area contributed by atoms with Crippen molar-refractivity contribution < 1.29 is 4.74 Å². The molecule has 4 nitrogen and oxygen atoms in total. The van der Waals surface area contributed by atoms with Gasteiger partial charge in [-0.25, -0.2) is 0 Å². The molecule has 2 rings (SSSR count). The van der Waals surface area contributed by atoms with Gasteiger partial charge in [0.05, 0.1) is 0 Å². The molecular formula is C18H32IN3OS. The highest BCUT2D eigenvalue weighted by Gasteiger charge is 2.33. The van der Waals surface area contributed by atoms with Crippen LogP contribution in [-0.4, -0.2) is 39.8 Å². The van der Waals surface area contributed by atoms with Gasteiger partial charge >= 0.3 is 0 Å². The van der Waals surface area contributed by atoms with Crippen LogP contribution in [0.5, 0.6) is 0 Å². The third-order valence-corrected chi connectivity index (χ3v) is 6.06. The van der Waals surface area contributed by atoms with E-state index in [4.69, 9.17) is 4.74 Å². The minimum Gasteiger partial charge on any atom is -0.385 e. The Balaban J connectivity index is 0.00000288. The van der Waals surface area contributed by atoms with Crippen LogP contribution in [0.2, 0.25) is 0 Å². The zero-order valence-corrected chi connectivity index (χ0v) is 18.3. The predicted octanol–water partition coefficient (Wildman–Crippen LogP) is 4.23. The number of methoxy groups -OCH3 is 1. The number of hydrogen-bond donors (Lipinski definition) is 2. The first-order valence-corrected chi connectivity index (χ1v) is 9.54. The van der Waals surface area contributed by atoms with E-state index in [-0.39, 0.29) is 24.0 Å². The quantitative estimate of drug-likeness (QED) is 0.343. The Hall–Kier alpha value is -0.340. The lowest BCUT2D eigenvalue weighted by molar-refractivity contribution is 0.138. The standard InChI is InChI=1S/C18H31N3OS.HI/c1-15(16-7-6-12-23-16)13-20-17(19-2)21-14-18(10-11-22-3)8-4-5-9-18;/h6-7,12,15H,4-5,8-11,13-14H2,1-3H3,(H2,19,20,21);1H. The Bertz CT molecular complexity index is 473. The summed E-state index contributed by atoms with van der Waals surface area (Å²) in [7, 11) is 3.64. The molecule has 1 heterocycles. The molecule has 1 unspecified atom stereocenters. The molecule has 0 aromatic carbocycles. The fourth-order valence-electron chi connectivity index (χ4n) is 3.37. The van der Waals surface area contributed by atoms with Gasteiger partial charge in [0.15, 0.2) is 5.96 Å². The van der Waals surface area contributed by atoms with Crippen LogP contribution >= 0.6 is 35.3 Å². The first-order chi connectivity index (χ1) is 11.2. The summed E-state index contributed by atoms with van der Waals surface area (Å²) in [4.78, 5) is 5.80. The Morgan fingerprint density at radius 2 is 2.12 bits per heavy atom. The van der Waals surface area contributed by atoms with Crippen molar-refractivity contribution in [1.82, 2.24) is 10.6 Å². The number of halogens is 1. The van der Waals surface area contributed by atoms with Gasteiger partial charge in [-0.05, 0) is 36.1 Å². The molecule has 6 heteroatoms. The number of nitrogens with zero attached hydrogens (tertiary/aromatic N) is 1. The van der Waals surface area contributed by atoms with Gasteiger partial charge in [0.25, 0.3) is 0 Å². The topological polar surface area (TPSA) is 45.7 Å². The van der Waals surface area contributed by atoms with Crippen LogP contribution in [0.15, 0.2) is 22.5 Å². The molecule has 0 bridgehead atoms. The van der Waals surface area contributed by atoms with E-state index >= 15 is 0 Å². The Labute approximate surface area is 167 Å². The molecule has 1 aromatic heterocycles. The Morgan fingerprint density at radius 1 is 1.38 bits per heavy atom. The number of nitrogens with one attached hydrogen (secondary N) is 2. The fraction of sp³-hybridized carbons (Fsp3) is 0.722. The summed E-state index contributed by atoms with van der Waals surface area (Å²) in [6, 6.07) is 4.31. The highest BCUT2D eigenvalue weighted by Crippen LogP contribution is 2.40. The maximum Gasteiger partial charge on any atom is 0.191 e. The molecule has 24 heavy (non-hydrogen) atoms. The minimum atomic E-state index is 0. The molecule has 0 spiro atoms. The lowest BCUT2D eigenvalue weighted by atomic mass is 9.83. The second kappa shape index (κ2) is 11.3. The van der Waals surface area contributed by atoms with Crippen LogP contribution in [0.4, 0.5) is 0 Å². The lowest BCUT2D eigenvalue weighted by Crippen LogP contribution is -2.44. The van der Waals surface area contributed by atoms with Crippen molar-refractivity contribution in [2.75, 3.05) is 33.9 Å². The van der Waals surface area contributed by atoms with Crippen LogP contribution in [0.25, 0.3) is 0 Å². The second-order valence-corrected chi connectivity index (χ2v) is 7.65. The highest BCUT2D eigenvalue weighted by molar-refractivity contribution is 14.0. The van der Waals surface area contributed by atoms with Crippen LogP contribution in [0.3, 0.4) is 0 Å². The minimum absolute atomic E-state index is 0. The highest BCUT2D eigenvalue weighted by atomic mass is 127. The summed E-state index contributed by atoms with van der Waals surface area (Å²) in [5.74, 6) is 1.42. The fourth-order valence-corrected chi connectivity index (χ4v) is 4.16. The first-order valence-electron chi connectivity index (χ1n) is 8.66. The maximum absolute atomic E-state index is 5.31. The zero-order chi connectivity index (χ0) is 16.5. The number of hydrogen-bond acceptors (Lipinski definition) is 3. The van der Waals surface area contributed by atoms with Gasteiger partial charge in [0, 0.05) is 44.6 Å². The van der Waals surface area contributed by atoms with Gasteiger partial charge in [0.1, 0.15) is 0 Å². The average molecular weight is 465 g/mol. The predicted molar refractivity (Wildman–Crippen MR) is 115 cm³/mol. The smallest absolute Gasteiger partial charge is 0.191 e. The van der Waals surface area contributed by atoms with Gasteiger partial charge in [-0.3, -0.25) is 4.99 Å². The molecule has 138 valence electrons. The number of aliphatic imine (C=N–C) groups is 1. The Kier molecular flexibility index (Phi) is 10.2. The van der Waals surface area contributed by atoms with Crippen LogP contribution < -0.4 is 10.6 Å². The summed E-state index contributed by atoms with van der Waals surface area (Å²) in [6.45, 7) is 5.00. The normalized spacial score (nSPS) is 18.0. The van der Waals surface area contributed by atoms with Crippen molar-refractivity contribution in [3.05, 3.63) is 22.4 Å². The molecule has 0 aliphatic heterocycles. The molecule has 0 saturated heterocycles. The summed E-state index contributed by atoms with van der Waals surface area (Å²) in [5.41, 5.74) is 0.382. The summed E-state index contributed by atoms with van der Waals surface area (Å²) >= 11 is 1.82. The average Bonchev–Trinajstić information content (AvgIpc) is 3.25.